The quantitative estimate of drug-likeness (QED) is 0.783. The maximum absolute atomic E-state index is 12.3. The Balaban J connectivity index is 1.87. The number of alkyl halides is 2. The lowest BCUT2D eigenvalue weighted by molar-refractivity contribution is 0.00203. The molecule has 0 N–H and O–H groups in total. The molecule has 0 unspecified atom stereocenters. The summed E-state index contributed by atoms with van der Waals surface area (Å²) < 4.78 is 35.1. The number of rotatable bonds is 5. The van der Waals surface area contributed by atoms with E-state index in [2.05, 4.69) is 0 Å². The molecule has 1 aromatic carbocycles. The van der Waals surface area contributed by atoms with E-state index in [-0.39, 0.29) is 12.6 Å². The van der Waals surface area contributed by atoms with E-state index < -0.39 is 12.4 Å². The van der Waals surface area contributed by atoms with E-state index in [1.165, 1.54) is 7.11 Å². The number of esters is 1. The van der Waals surface area contributed by atoms with Crippen LogP contribution in [-0.4, -0.2) is 50.1 Å². The van der Waals surface area contributed by atoms with Gasteiger partial charge in [0.2, 0.25) is 0 Å². The molecule has 0 spiro atoms. The van der Waals surface area contributed by atoms with Gasteiger partial charge in [0.15, 0.2) is 0 Å². The minimum Gasteiger partial charge on any atom is -0.496 e. The standard InChI is InChI=1S/C15H19F2NO3/c1-20-13-5-3-2-4-12(13)15(19)21-11-6-8-18(9-7-11)10-14(16)17/h2-5,11,14H,6-10H2,1H3. The highest BCUT2D eigenvalue weighted by atomic mass is 19.3. The Kier molecular flexibility index (Phi) is 5.50. The normalized spacial score (nSPS) is 17.0. The topological polar surface area (TPSA) is 38.8 Å². The summed E-state index contributed by atoms with van der Waals surface area (Å²) in [6, 6.07) is 6.86. The third-order valence-corrected chi connectivity index (χ3v) is 3.53. The molecular formula is C15H19F2NO3. The SMILES string of the molecule is COc1ccccc1C(=O)OC1CCN(CC(F)F)CC1. The molecule has 1 saturated heterocycles. The maximum atomic E-state index is 12.3. The number of hydrogen-bond donors (Lipinski definition) is 0. The van der Waals surface area contributed by atoms with Crippen LogP contribution in [0.3, 0.4) is 0 Å². The van der Waals surface area contributed by atoms with Crippen LogP contribution in [0.5, 0.6) is 5.75 Å². The van der Waals surface area contributed by atoms with E-state index in [0.717, 1.165) is 0 Å². The van der Waals surface area contributed by atoms with Gasteiger partial charge in [0.25, 0.3) is 6.43 Å². The van der Waals surface area contributed by atoms with Gasteiger partial charge in [-0.25, -0.2) is 13.6 Å². The zero-order valence-electron chi connectivity index (χ0n) is 11.9. The predicted octanol–water partition coefficient (Wildman–Crippen LogP) is 2.58. The number of carbonyl (C=O) groups excluding carboxylic acids is 1. The first-order chi connectivity index (χ1) is 10.1. The predicted molar refractivity (Wildman–Crippen MR) is 73.9 cm³/mol. The van der Waals surface area contributed by atoms with Crippen LogP contribution in [0.25, 0.3) is 0 Å². The van der Waals surface area contributed by atoms with E-state index in [1.54, 1.807) is 29.2 Å². The summed E-state index contributed by atoms with van der Waals surface area (Å²) in [6.45, 7) is 0.829. The molecule has 116 valence electrons. The van der Waals surface area contributed by atoms with Crippen LogP contribution in [-0.2, 0) is 4.74 Å². The largest absolute Gasteiger partial charge is 0.496 e. The molecule has 0 amide bonds. The van der Waals surface area contributed by atoms with Crippen LogP contribution in [0.15, 0.2) is 24.3 Å². The average molecular weight is 299 g/mol. The lowest BCUT2D eigenvalue weighted by Crippen LogP contribution is -2.40. The van der Waals surface area contributed by atoms with Gasteiger partial charge in [-0.3, -0.25) is 4.90 Å². The highest BCUT2D eigenvalue weighted by Gasteiger charge is 2.25. The molecule has 1 aliphatic heterocycles. The molecule has 6 heteroatoms. The van der Waals surface area contributed by atoms with Gasteiger partial charge < -0.3 is 9.47 Å². The highest BCUT2D eigenvalue weighted by Crippen LogP contribution is 2.21. The molecule has 1 fully saturated rings. The summed E-state index contributed by atoms with van der Waals surface area (Å²) >= 11 is 0. The minimum absolute atomic E-state index is 0.215. The van der Waals surface area contributed by atoms with Crippen LogP contribution in [0.4, 0.5) is 8.78 Å². The Bertz CT molecular complexity index is 474. The first-order valence-corrected chi connectivity index (χ1v) is 6.94. The molecule has 1 heterocycles. The van der Waals surface area contributed by atoms with E-state index >= 15 is 0 Å². The van der Waals surface area contributed by atoms with Crippen LogP contribution in [0.1, 0.15) is 23.2 Å². The van der Waals surface area contributed by atoms with E-state index in [9.17, 15) is 13.6 Å². The van der Waals surface area contributed by atoms with Crippen molar-refractivity contribution in [1.29, 1.82) is 0 Å². The van der Waals surface area contributed by atoms with Crippen molar-refractivity contribution in [2.45, 2.75) is 25.4 Å². The molecule has 0 bridgehead atoms. The van der Waals surface area contributed by atoms with Gasteiger partial charge in [-0.2, -0.15) is 0 Å². The number of ether oxygens (including phenoxy) is 2. The smallest absolute Gasteiger partial charge is 0.342 e. The summed E-state index contributed by atoms with van der Waals surface area (Å²) in [5.41, 5.74) is 0.384. The molecule has 2 rings (SSSR count). The highest BCUT2D eigenvalue weighted by molar-refractivity contribution is 5.92. The molecule has 0 saturated carbocycles. The van der Waals surface area contributed by atoms with Crippen molar-refractivity contribution in [2.24, 2.45) is 0 Å². The van der Waals surface area contributed by atoms with Crippen molar-refractivity contribution in [3.63, 3.8) is 0 Å². The molecule has 0 aromatic heterocycles. The molecule has 21 heavy (non-hydrogen) atoms. The fraction of sp³-hybridized carbons (Fsp3) is 0.533. The fourth-order valence-electron chi connectivity index (χ4n) is 2.43. The summed E-state index contributed by atoms with van der Waals surface area (Å²) in [4.78, 5) is 13.8. The number of piperidine rings is 1. The second-order valence-electron chi connectivity index (χ2n) is 5.00. The molecule has 0 radical (unpaired) electrons. The van der Waals surface area contributed by atoms with Crippen molar-refractivity contribution < 1.29 is 23.0 Å². The number of benzene rings is 1. The van der Waals surface area contributed by atoms with E-state index in [4.69, 9.17) is 9.47 Å². The molecule has 1 aliphatic rings. The number of halogens is 2. The summed E-state index contributed by atoms with van der Waals surface area (Å²) in [5.74, 6) is 0.0393. The molecule has 0 aliphatic carbocycles. The van der Waals surface area contributed by atoms with Crippen LogP contribution in [0, 0.1) is 0 Å². The summed E-state index contributed by atoms with van der Waals surface area (Å²) in [6.07, 6.45) is -1.39. The van der Waals surface area contributed by atoms with Gasteiger partial charge in [0.05, 0.1) is 13.7 Å². The Labute approximate surface area is 122 Å². The van der Waals surface area contributed by atoms with Gasteiger partial charge in [-0.05, 0) is 25.0 Å². The molecule has 0 atom stereocenters. The fourth-order valence-corrected chi connectivity index (χ4v) is 2.43. The molecule has 4 nitrogen and oxygen atoms in total. The van der Waals surface area contributed by atoms with Crippen LogP contribution < -0.4 is 4.74 Å². The number of methoxy groups -OCH3 is 1. The van der Waals surface area contributed by atoms with E-state index in [0.29, 0.717) is 37.2 Å². The van der Waals surface area contributed by atoms with Crippen LogP contribution >= 0.6 is 0 Å². The Hall–Kier alpha value is -1.69. The Morgan fingerprint density at radius 3 is 2.62 bits per heavy atom. The first-order valence-electron chi connectivity index (χ1n) is 6.94. The van der Waals surface area contributed by atoms with Gasteiger partial charge in [-0.1, -0.05) is 12.1 Å². The molecular weight excluding hydrogens is 280 g/mol. The maximum Gasteiger partial charge on any atom is 0.342 e. The van der Waals surface area contributed by atoms with Gasteiger partial charge >= 0.3 is 5.97 Å². The first kappa shape index (κ1) is 15.7. The zero-order chi connectivity index (χ0) is 15.2. The zero-order valence-corrected chi connectivity index (χ0v) is 11.9. The lowest BCUT2D eigenvalue weighted by atomic mass is 10.1. The van der Waals surface area contributed by atoms with Crippen molar-refractivity contribution in [3.05, 3.63) is 29.8 Å². The second-order valence-corrected chi connectivity index (χ2v) is 5.00. The summed E-state index contributed by atoms with van der Waals surface area (Å²) in [5, 5.41) is 0. The van der Waals surface area contributed by atoms with Gasteiger partial charge in [0, 0.05) is 13.1 Å². The number of hydrogen-bond acceptors (Lipinski definition) is 4. The second kappa shape index (κ2) is 7.36. The minimum atomic E-state index is -2.32. The van der Waals surface area contributed by atoms with Crippen molar-refractivity contribution in [2.75, 3.05) is 26.7 Å². The van der Waals surface area contributed by atoms with Crippen molar-refractivity contribution in [3.8, 4) is 5.75 Å². The van der Waals surface area contributed by atoms with Crippen molar-refractivity contribution >= 4 is 5.97 Å². The number of carbonyl (C=O) groups is 1. The Morgan fingerprint density at radius 2 is 2.00 bits per heavy atom. The number of likely N-dealkylation sites (tertiary alicyclic amines) is 1. The molecule has 1 aromatic rings. The van der Waals surface area contributed by atoms with Gasteiger partial charge in [-0.15, -0.1) is 0 Å². The van der Waals surface area contributed by atoms with Crippen LogP contribution in [0.2, 0.25) is 0 Å². The lowest BCUT2D eigenvalue weighted by Gasteiger charge is -2.31. The third kappa shape index (κ3) is 4.39. The summed E-state index contributed by atoms with van der Waals surface area (Å²) in [7, 11) is 1.49. The van der Waals surface area contributed by atoms with Crippen molar-refractivity contribution in [1.82, 2.24) is 4.90 Å². The number of para-hydroxylation sites is 1. The average Bonchev–Trinajstić information content (AvgIpc) is 2.48. The Morgan fingerprint density at radius 1 is 1.33 bits per heavy atom. The van der Waals surface area contributed by atoms with Gasteiger partial charge in [0.1, 0.15) is 17.4 Å². The number of nitrogens with zero attached hydrogens (tertiary/aromatic N) is 1. The third-order valence-electron chi connectivity index (χ3n) is 3.53. The monoisotopic (exact) mass is 299 g/mol. The van der Waals surface area contributed by atoms with E-state index in [1.807, 2.05) is 0 Å².